The predicted molar refractivity (Wildman–Crippen MR) is 138 cm³/mol. The summed E-state index contributed by atoms with van der Waals surface area (Å²) in [6.07, 6.45) is 14.3. The summed E-state index contributed by atoms with van der Waals surface area (Å²) in [5.74, 6) is 3.15. The topological polar surface area (TPSA) is 18.5 Å². The van der Waals surface area contributed by atoms with Gasteiger partial charge in [0.15, 0.2) is 0 Å². The molecule has 0 amide bonds. The quantitative estimate of drug-likeness (QED) is 0.456. The van der Waals surface area contributed by atoms with Crippen LogP contribution in [-0.4, -0.2) is 19.3 Å². The lowest BCUT2D eigenvalue weighted by Gasteiger charge is -2.31. The van der Waals surface area contributed by atoms with E-state index < -0.39 is 0 Å². The van der Waals surface area contributed by atoms with Crippen LogP contribution in [0.1, 0.15) is 106 Å². The average molecular weight is 449 g/mol. The maximum atomic E-state index is 6.75. The van der Waals surface area contributed by atoms with E-state index in [1.54, 1.807) is 5.56 Å². The van der Waals surface area contributed by atoms with Gasteiger partial charge in [-0.05, 0) is 99.7 Å². The molecule has 2 aliphatic rings. The first-order valence-corrected chi connectivity index (χ1v) is 13.5. The van der Waals surface area contributed by atoms with Crippen LogP contribution in [0.4, 0.5) is 0 Å². The Balaban J connectivity index is 1.39. The van der Waals surface area contributed by atoms with Gasteiger partial charge in [-0.1, -0.05) is 67.8 Å². The van der Waals surface area contributed by atoms with Crippen molar-refractivity contribution < 1.29 is 9.47 Å². The molecule has 0 aliphatic heterocycles. The monoisotopic (exact) mass is 448 g/mol. The van der Waals surface area contributed by atoms with Crippen molar-refractivity contribution in [2.75, 3.05) is 7.11 Å². The van der Waals surface area contributed by atoms with Crippen molar-refractivity contribution in [1.29, 1.82) is 0 Å². The van der Waals surface area contributed by atoms with E-state index in [9.17, 15) is 0 Å². The predicted octanol–water partition coefficient (Wildman–Crippen LogP) is 8.58. The highest BCUT2D eigenvalue weighted by Gasteiger charge is 2.25. The Bertz CT molecular complexity index is 850. The van der Waals surface area contributed by atoms with Crippen molar-refractivity contribution in [3.8, 4) is 5.75 Å². The van der Waals surface area contributed by atoms with E-state index in [4.69, 9.17) is 9.47 Å². The fourth-order valence-corrected chi connectivity index (χ4v) is 6.31. The van der Waals surface area contributed by atoms with Crippen molar-refractivity contribution >= 4 is 0 Å². The molecule has 4 rings (SSSR count). The summed E-state index contributed by atoms with van der Waals surface area (Å²) in [6, 6.07) is 18.1. The molecule has 0 saturated heterocycles. The van der Waals surface area contributed by atoms with Gasteiger partial charge in [0.1, 0.15) is 5.75 Å². The van der Waals surface area contributed by atoms with Gasteiger partial charge in [-0.25, -0.2) is 0 Å². The maximum absolute atomic E-state index is 6.75. The molecule has 0 spiro atoms. The first-order valence-electron chi connectivity index (χ1n) is 13.5. The van der Waals surface area contributed by atoms with E-state index in [-0.39, 0.29) is 0 Å². The maximum Gasteiger partial charge on any atom is 0.123 e. The van der Waals surface area contributed by atoms with Crippen LogP contribution in [0.3, 0.4) is 0 Å². The van der Waals surface area contributed by atoms with Gasteiger partial charge in [-0.2, -0.15) is 0 Å². The Hall–Kier alpha value is -1.80. The first-order chi connectivity index (χ1) is 16.1. The fraction of sp³-hybridized carbons (Fsp3) is 0.613. The standard InChI is InChI=1S/C31H44O2/c1-23-10-6-15-27(20-23)25-11-7-13-26(14-8-12-25)30-18-4-5-19-31(30)33-29-17-9-16-28(32-3)21-24(2)22-29/h4-6,10,15,18-20,24-26,28-29H,7-9,11-14,16-17,21-22H2,1-3H3. The van der Waals surface area contributed by atoms with E-state index in [0.29, 0.717) is 24.0 Å². The zero-order valence-corrected chi connectivity index (χ0v) is 21.1. The minimum atomic E-state index is 0.332. The molecule has 2 nitrogen and oxygen atoms in total. The minimum Gasteiger partial charge on any atom is -0.490 e. The Kier molecular flexibility index (Phi) is 8.89. The molecule has 2 aliphatic carbocycles. The first kappa shape index (κ1) is 24.3. The normalized spacial score (nSPS) is 29.4. The summed E-state index contributed by atoms with van der Waals surface area (Å²) in [5.41, 5.74) is 4.39. The van der Waals surface area contributed by atoms with E-state index >= 15 is 0 Å². The fourth-order valence-electron chi connectivity index (χ4n) is 6.31. The number of benzene rings is 2. The van der Waals surface area contributed by atoms with Gasteiger partial charge < -0.3 is 9.47 Å². The number of methoxy groups -OCH3 is 1. The molecular weight excluding hydrogens is 404 g/mol. The number of hydrogen-bond donors (Lipinski definition) is 0. The second-order valence-corrected chi connectivity index (χ2v) is 10.8. The molecule has 2 fully saturated rings. The molecular formula is C31H44O2. The Labute approximate surface area is 202 Å². The number of para-hydroxylation sites is 1. The molecule has 0 aromatic heterocycles. The summed E-state index contributed by atoms with van der Waals surface area (Å²) in [6.45, 7) is 4.57. The Morgan fingerprint density at radius 1 is 0.727 bits per heavy atom. The molecule has 180 valence electrons. The van der Waals surface area contributed by atoms with Crippen molar-refractivity contribution in [1.82, 2.24) is 0 Å². The minimum absolute atomic E-state index is 0.332. The number of ether oxygens (including phenoxy) is 2. The van der Waals surface area contributed by atoms with Crippen LogP contribution >= 0.6 is 0 Å². The second kappa shape index (κ2) is 12.1. The van der Waals surface area contributed by atoms with Crippen LogP contribution in [-0.2, 0) is 4.74 Å². The summed E-state index contributed by atoms with van der Waals surface area (Å²) in [7, 11) is 1.86. The smallest absolute Gasteiger partial charge is 0.123 e. The molecule has 2 aromatic rings. The van der Waals surface area contributed by atoms with Gasteiger partial charge in [0.25, 0.3) is 0 Å². The van der Waals surface area contributed by atoms with Crippen LogP contribution in [0.5, 0.6) is 5.75 Å². The summed E-state index contributed by atoms with van der Waals surface area (Å²) in [5, 5.41) is 0. The number of hydrogen-bond acceptors (Lipinski definition) is 2. The van der Waals surface area contributed by atoms with Gasteiger partial charge >= 0.3 is 0 Å². The second-order valence-electron chi connectivity index (χ2n) is 10.8. The zero-order chi connectivity index (χ0) is 23.0. The molecule has 3 unspecified atom stereocenters. The summed E-state index contributed by atoms with van der Waals surface area (Å²) in [4.78, 5) is 0. The Morgan fingerprint density at radius 2 is 1.39 bits per heavy atom. The molecule has 33 heavy (non-hydrogen) atoms. The molecule has 2 saturated carbocycles. The van der Waals surface area contributed by atoms with Crippen LogP contribution in [0.2, 0.25) is 0 Å². The number of aryl methyl sites for hydroxylation is 1. The molecule has 2 aromatic carbocycles. The van der Waals surface area contributed by atoms with Crippen molar-refractivity contribution in [2.24, 2.45) is 5.92 Å². The van der Waals surface area contributed by atoms with Gasteiger partial charge in [0, 0.05) is 7.11 Å². The highest BCUT2D eigenvalue weighted by molar-refractivity contribution is 5.36. The van der Waals surface area contributed by atoms with Gasteiger partial charge in [0.05, 0.1) is 12.2 Å². The van der Waals surface area contributed by atoms with Crippen molar-refractivity contribution in [3.63, 3.8) is 0 Å². The largest absolute Gasteiger partial charge is 0.490 e. The molecule has 0 bridgehead atoms. The summed E-state index contributed by atoms with van der Waals surface area (Å²) < 4.78 is 12.4. The van der Waals surface area contributed by atoms with E-state index in [1.165, 1.54) is 56.1 Å². The lowest BCUT2D eigenvalue weighted by Crippen LogP contribution is -2.27. The third kappa shape index (κ3) is 6.85. The SMILES string of the molecule is COC1CCCC(Oc2ccccc2C2CCCC(c3cccc(C)c3)CCC2)CC(C)C1. The highest BCUT2D eigenvalue weighted by Crippen LogP contribution is 2.40. The van der Waals surface area contributed by atoms with Crippen LogP contribution in [0.25, 0.3) is 0 Å². The highest BCUT2D eigenvalue weighted by atomic mass is 16.5. The van der Waals surface area contributed by atoms with E-state index in [0.717, 1.165) is 37.4 Å². The van der Waals surface area contributed by atoms with Crippen LogP contribution < -0.4 is 4.74 Å². The summed E-state index contributed by atoms with van der Waals surface area (Å²) >= 11 is 0. The van der Waals surface area contributed by atoms with Crippen molar-refractivity contribution in [2.45, 2.75) is 109 Å². The zero-order valence-electron chi connectivity index (χ0n) is 21.1. The molecule has 0 radical (unpaired) electrons. The van der Waals surface area contributed by atoms with Gasteiger partial charge in [-0.15, -0.1) is 0 Å². The lowest BCUT2D eigenvalue weighted by atomic mass is 9.80. The van der Waals surface area contributed by atoms with Gasteiger partial charge in [-0.3, -0.25) is 0 Å². The average Bonchev–Trinajstić information content (AvgIpc) is 2.77. The third-order valence-corrected chi connectivity index (χ3v) is 8.09. The van der Waals surface area contributed by atoms with E-state index in [2.05, 4.69) is 62.4 Å². The van der Waals surface area contributed by atoms with E-state index in [1.807, 2.05) is 7.11 Å². The van der Waals surface area contributed by atoms with Crippen molar-refractivity contribution in [3.05, 3.63) is 65.2 Å². The molecule has 0 N–H and O–H groups in total. The molecule has 0 heterocycles. The lowest BCUT2D eigenvalue weighted by molar-refractivity contribution is 0.0468. The Morgan fingerprint density at radius 3 is 2.15 bits per heavy atom. The van der Waals surface area contributed by atoms with Crippen LogP contribution in [0, 0.1) is 12.8 Å². The number of rotatable bonds is 5. The van der Waals surface area contributed by atoms with Gasteiger partial charge in [0.2, 0.25) is 0 Å². The molecule has 3 atom stereocenters. The third-order valence-electron chi connectivity index (χ3n) is 8.09. The molecule has 2 heteroatoms. The van der Waals surface area contributed by atoms with Crippen LogP contribution in [0.15, 0.2) is 48.5 Å².